The van der Waals surface area contributed by atoms with Gasteiger partial charge >= 0.3 is 5.97 Å². The van der Waals surface area contributed by atoms with Crippen LogP contribution in [0, 0.1) is 13.8 Å². The van der Waals surface area contributed by atoms with Crippen molar-refractivity contribution in [2.45, 2.75) is 84.7 Å². The minimum atomic E-state index is -0.736. The molecule has 1 aromatic rings. The monoisotopic (exact) mass is 432 g/mol. The number of ether oxygens (including phenoxy) is 1. The number of nitrogens with zero attached hydrogens (tertiary/aromatic N) is 4. The third-order valence-electron chi connectivity index (χ3n) is 6.80. The lowest BCUT2D eigenvalue weighted by Gasteiger charge is -2.38. The van der Waals surface area contributed by atoms with Crippen molar-refractivity contribution in [3.8, 4) is 0 Å². The number of aromatic nitrogens is 2. The lowest BCUT2D eigenvalue weighted by atomic mass is 9.91. The average molecular weight is 433 g/mol. The first-order valence-corrected chi connectivity index (χ1v) is 11.5. The summed E-state index contributed by atoms with van der Waals surface area (Å²) in [5, 5.41) is 4.55. The number of rotatable bonds is 8. The van der Waals surface area contributed by atoms with Gasteiger partial charge in [-0.05, 0) is 58.4 Å². The second-order valence-corrected chi connectivity index (χ2v) is 8.88. The second kappa shape index (κ2) is 9.83. The van der Waals surface area contributed by atoms with Gasteiger partial charge in [-0.1, -0.05) is 0 Å². The van der Waals surface area contributed by atoms with E-state index in [9.17, 15) is 14.4 Å². The van der Waals surface area contributed by atoms with E-state index >= 15 is 0 Å². The van der Waals surface area contributed by atoms with E-state index in [-0.39, 0.29) is 30.8 Å². The number of hydrogen-bond acceptors (Lipinski definition) is 5. The van der Waals surface area contributed by atoms with E-state index in [0.29, 0.717) is 25.8 Å². The van der Waals surface area contributed by atoms with Crippen LogP contribution in [0.15, 0.2) is 0 Å². The van der Waals surface area contributed by atoms with Gasteiger partial charge in [0.1, 0.15) is 6.61 Å². The van der Waals surface area contributed by atoms with Crippen LogP contribution >= 0.6 is 0 Å². The van der Waals surface area contributed by atoms with E-state index in [4.69, 9.17) is 4.74 Å². The van der Waals surface area contributed by atoms with Crippen molar-refractivity contribution in [1.82, 2.24) is 19.6 Å². The molecule has 3 heterocycles. The first-order chi connectivity index (χ1) is 14.8. The molecule has 0 bridgehead atoms. The molecule has 0 spiro atoms. The third kappa shape index (κ3) is 5.10. The number of carbonyl (C=O) groups excluding carboxylic acids is 3. The first kappa shape index (κ1) is 23.3. The Hall–Kier alpha value is -2.38. The molecule has 2 amide bonds. The SMILES string of the molecule is CCn1nc(C)c(CCC(=O)N2CCCC2(COC(C)=O)CC(=O)N2CCCC2)c1C. The Morgan fingerprint density at radius 2 is 1.77 bits per heavy atom. The quantitative estimate of drug-likeness (QED) is 0.589. The highest BCUT2D eigenvalue weighted by molar-refractivity contribution is 5.82. The van der Waals surface area contributed by atoms with Crippen LogP contribution < -0.4 is 0 Å². The van der Waals surface area contributed by atoms with Gasteiger partial charge in [-0.3, -0.25) is 19.1 Å². The minimum Gasteiger partial charge on any atom is -0.463 e. The zero-order valence-electron chi connectivity index (χ0n) is 19.4. The highest BCUT2D eigenvalue weighted by Crippen LogP contribution is 2.35. The van der Waals surface area contributed by atoms with Crippen molar-refractivity contribution < 1.29 is 19.1 Å². The fraction of sp³-hybridized carbons (Fsp3) is 0.739. The van der Waals surface area contributed by atoms with Gasteiger partial charge < -0.3 is 14.5 Å². The molecule has 0 aromatic carbocycles. The van der Waals surface area contributed by atoms with Crippen LogP contribution in [0.2, 0.25) is 0 Å². The molecule has 3 rings (SSSR count). The third-order valence-corrected chi connectivity index (χ3v) is 6.80. The van der Waals surface area contributed by atoms with Crippen LogP contribution in [0.3, 0.4) is 0 Å². The summed E-state index contributed by atoms with van der Waals surface area (Å²) in [6.45, 7) is 10.5. The molecule has 8 heteroatoms. The van der Waals surface area contributed by atoms with Crippen molar-refractivity contribution in [3.63, 3.8) is 0 Å². The summed E-state index contributed by atoms with van der Waals surface area (Å²) in [6.07, 6.45) is 4.74. The molecule has 1 unspecified atom stereocenters. The Morgan fingerprint density at radius 3 is 2.39 bits per heavy atom. The average Bonchev–Trinajstić information content (AvgIpc) is 3.45. The highest BCUT2D eigenvalue weighted by Gasteiger charge is 2.46. The Bertz CT molecular complexity index is 828. The van der Waals surface area contributed by atoms with E-state index in [0.717, 1.165) is 55.8 Å². The van der Waals surface area contributed by atoms with Gasteiger partial charge in [-0.25, -0.2) is 0 Å². The van der Waals surface area contributed by atoms with Crippen LogP contribution in [0.5, 0.6) is 0 Å². The van der Waals surface area contributed by atoms with Gasteiger partial charge in [0, 0.05) is 45.2 Å². The topological polar surface area (TPSA) is 84.7 Å². The van der Waals surface area contributed by atoms with Crippen LogP contribution in [-0.2, 0) is 32.1 Å². The zero-order chi connectivity index (χ0) is 22.6. The molecule has 2 fully saturated rings. The normalized spacial score (nSPS) is 21.0. The molecule has 2 aliphatic rings. The van der Waals surface area contributed by atoms with Crippen LogP contribution in [0.25, 0.3) is 0 Å². The summed E-state index contributed by atoms with van der Waals surface area (Å²) in [5.41, 5.74) is 2.45. The minimum absolute atomic E-state index is 0.0157. The maximum atomic E-state index is 13.3. The largest absolute Gasteiger partial charge is 0.463 e. The number of likely N-dealkylation sites (tertiary alicyclic amines) is 2. The first-order valence-electron chi connectivity index (χ1n) is 11.5. The van der Waals surface area contributed by atoms with Crippen molar-refractivity contribution in [2.24, 2.45) is 0 Å². The van der Waals surface area contributed by atoms with Gasteiger partial charge in [0.05, 0.1) is 17.7 Å². The maximum absolute atomic E-state index is 13.3. The number of hydrogen-bond donors (Lipinski definition) is 0. The molecule has 2 saturated heterocycles. The van der Waals surface area contributed by atoms with Gasteiger partial charge in [0.15, 0.2) is 0 Å². The summed E-state index contributed by atoms with van der Waals surface area (Å²) in [5.74, 6) is -0.312. The number of carbonyl (C=O) groups is 3. The van der Waals surface area contributed by atoms with E-state index in [1.807, 2.05) is 28.3 Å². The van der Waals surface area contributed by atoms with E-state index < -0.39 is 5.54 Å². The lowest BCUT2D eigenvalue weighted by molar-refractivity contribution is -0.153. The van der Waals surface area contributed by atoms with Crippen LogP contribution in [0.4, 0.5) is 0 Å². The van der Waals surface area contributed by atoms with Crippen molar-refractivity contribution in [3.05, 3.63) is 17.0 Å². The summed E-state index contributed by atoms with van der Waals surface area (Å²) in [6, 6.07) is 0. The molecular formula is C23H36N4O4. The fourth-order valence-corrected chi connectivity index (χ4v) is 5.08. The van der Waals surface area contributed by atoms with Crippen molar-refractivity contribution in [2.75, 3.05) is 26.2 Å². The van der Waals surface area contributed by atoms with Crippen LogP contribution in [0.1, 0.15) is 69.3 Å². The van der Waals surface area contributed by atoms with E-state index in [2.05, 4.69) is 12.0 Å². The van der Waals surface area contributed by atoms with E-state index in [1.54, 1.807) is 0 Å². The highest BCUT2D eigenvalue weighted by atomic mass is 16.5. The molecule has 1 atom stereocenters. The predicted octanol–water partition coefficient (Wildman–Crippen LogP) is 2.39. The molecule has 172 valence electrons. The van der Waals surface area contributed by atoms with Gasteiger partial charge in [-0.2, -0.15) is 5.10 Å². The van der Waals surface area contributed by atoms with Gasteiger partial charge in [-0.15, -0.1) is 0 Å². The van der Waals surface area contributed by atoms with Crippen molar-refractivity contribution in [1.29, 1.82) is 0 Å². The molecule has 8 nitrogen and oxygen atoms in total. The second-order valence-electron chi connectivity index (χ2n) is 8.88. The molecule has 2 aliphatic heterocycles. The number of esters is 1. The summed E-state index contributed by atoms with van der Waals surface area (Å²) >= 11 is 0. The van der Waals surface area contributed by atoms with E-state index in [1.165, 1.54) is 6.92 Å². The molecule has 1 aromatic heterocycles. The predicted molar refractivity (Wildman–Crippen MR) is 116 cm³/mol. The Labute approximate surface area is 184 Å². The Morgan fingerprint density at radius 1 is 1.06 bits per heavy atom. The summed E-state index contributed by atoms with van der Waals surface area (Å²) < 4.78 is 7.34. The standard InChI is InChI=1S/C23H36N4O4/c1-5-27-18(3)20(17(2)24-27)9-10-21(29)26-14-8-11-23(26,16-31-19(4)28)15-22(30)25-12-6-7-13-25/h5-16H2,1-4H3. The molecular weight excluding hydrogens is 396 g/mol. The van der Waals surface area contributed by atoms with Crippen molar-refractivity contribution >= 4 is 17.8 Å². The molecule has 0 saturated carbocycles. The molecule has 31 heavy (non-hydrogen) atoms. The Kier molecular flexibility index (Phi) is 7.38. The molecule has 0 radical (unpaired) electrons. The van der Waals surface area contributed by atoms with Gasteiger partial charge in [0.2, 0.25) is 11.8 Å². The smallest absolute Gasteiger partial charge is 0.302 e. The summed E-state index contributed by atoms with van der Waals surface area (Å²) in [7, 11) is 0. The fourth-order valence-electron chi connectivity index (χ4n) is 5.08. The van der Waals surface area contributed by atoms with Gasteiger partial charge in [0.25, 0.3) is 0 Å². The lowest BCUT2D eigenvalue weighted by Crippen LogP contribution is -2.53. The maximum Gasteiger partial charge on any atom is 0.302 e. The Balaban J connectivity index is 1.74. The molecule has 0 aliphatic carbocycles. The van der Waals surface area contributed by atoms with Crippen LogP contribution in [-0.4, -0.2) is 69.1 Å². The number of aryl methyl sites for hydroxylation is 2. The zero-order valence-corrected chi connectivity index (χ0v) is 19.4. The molecule has 0 N–H and O–H groups in total. The summed E-state index contributed by atoms with van der Waals surface area (Å²) in [4.78, 5) is 41.5. The number of amides is 2.